The van der Waals surface area contributed by atoms with E-state index >= 15 is 0 Å². The van der Waals surface area contributed by atoms with E-state index in [9.17, 15) is 23.1 Å². The number of aliphatic hydroxyl groups excluding tert-OH is 1. The molecule has 0 saturated heterocycles. The number of nitrogens with one attached hydrogen (secondary N) is 3. The zero-order chi connectivity index (χ0) is 34.6. The third-order valence-corrected chi connectivity index (χ3v) is 11.1. The van der Waals surface area contributed by atoms with Gasteiger partial charge in [-0.25, -0.2) is 4.79 Å². The summed E-state index contributed by atoms with van der Waals surface area (Å²) in [6.07, 6.45) is 6.31. The first-order valence-corrected chi connectivity index (χ1v) is 18.9. The maximum absolute atomic E-state index is 13.9. The van der Waals surface area contributed by atoms with Crippen molar-refractivity contribution in [3.63, 3.8) is 0 Å². The third kappa shape index (κ3) is 13.6. The Labute approximate surface area is 283 Å². The molecule has 4 atom stereocenters. The predicted octanol–water partition coefficient (Wildman–Crippen LogP) is 4.55. The van der Waals surface area contributed by atoms with Gasteiger partial charge in [0.15, 0.2) is 0 Å². The second-order valence-corrected chi connectivity index (χ2v) is 16.6. The van der Waals surface area contributed by atoms with Crippen molar-refractivity contribution in [2.24, 2.45) is 17.8 Å². The number of carbonyl (C=O) groups excluding carboxylic acids is 2. The molecule has 4 N–H and O–H groups in total. The zero-order valence-corrected chi connectivity index (χ0v) is 30.2. The summed E-state index contributed by atoms with van der Waals surface area (Å²) in [5.41, 5.74) is 0.202. The van der Waals surface area contributed by atoms with E-state index < -0.39 is 45.9 Å². The molecular weight excluding hydrogens is 620 g/mol. The van der Waals surface area contributed by atoms with Crippen LogP contribution in [0.4, 0.5) is 4.79 Å². The van der Waals surface area contributed by atoms with Gasteiger partial charge in [-0.05, 0) is 89.5 Å². The van der Waals surface area contributed by atoms with Crippen molar-refractivity contribution in [1.29, 1.82) is 0 Å². The lowest BCUT2D eigenvalue weighted by molar-refractivity contribution is -0.128. The number of benzene rings is 1. The quantitative estimate of drug-likeness (QED) is 0.201. The number of amides is 2. The molecule has 0 radical (unpaired) electrons. The first kappa shape index (κ1) is 39.2. The zero-order valence-electron chi connectivity index (χ0n) is 29.4. The van der Waals surface area contributed by atoms with Crippen molar-refractivity contribution >= 4 is 22.2 Å². The fraction of sp³-hybridized carbons (Fsp3) is 0.771. The highest BCUT2D eigenvalue weighted by molar-refractivity contribution is 7.87. The minimum absolute atomic E-state index is 0.180. The Morgan fingerprint density at radius 3 is 2.30 bits per heavy atom. The summed E-state index contributed by atoms with van der Waals surface area (Å²) in [7, 11) is -2.19. The van der Waals surface area contributed by atoms with E-state index in [2.05, 4.69) is 15.4 Å². The molecule has 0 bridgehead atoms. The van der Waals surface area contributed by atoms with Gasteiger partial charge in [-0.15, -0.1) is 0 Å². The molecule has 0 spiro atoms. The van der Waals surface area contributed by atoms with Crippen molar-refractivity contribution in [3.8, 4) is 0 Å². The van der Waals surface area contributed by atoms with Gasteiger partial charge in [0.2, 0.25) is 5.91 Å². The number of rotatable bonds is 16. The van der Waals surface area contributed by atoms with Crippen molar-refractivity contribution in [1.82, 2.24) is 19.7 Å². The average Bonchev–Trinajstić information content (AvgIpc) is 3.01. The molecule has 1 aromatic carbocycles. The highest BCUT2D eigenvalue weighted by Crippen LogP contribution is 2.27. The highest BCUT2D eigenvalue weighted by atomic mass is 32.2. The second kappa shape index (κ2) is 18.5. The standard InChI is InChI=1S/C35H60N4O7S/c1-25(2)20-21-39(47(43,44)38-35(3,4)5)23-32(40)31(22-26-12-8-7-9-13-26)36-33(41)29-14-10-11-15-30(29)37-34(42)46-24-27-16-18-28(45-6)19-17-27/h7-9,12-13,25,27-32,38,40H,10-11,14-24H2,1-6H3,(H,36,41)(H,37,42). The molecule has 4 unspecified atom stereocenters. The van der Waals surface area contributed by atoms with Crippen molar-refractivity contribution < 1.29 is 32.6 Å². The monoisotopic (exact) mass is 680 g/mol. The minimum atomic E-state index is -3.92. The van der Waals surface area contributed by atoms with Crippen LogP contribution in [0.25, 0.3) is 0 Å². The molecule has 47 heavy (non-hydrogen) atoms. The maximum atomic E-state index is 13.9. The van der Waals surface area contributed by atoms with Crippen LogP contribution in [0.5, 0.6) is 0 Å². The van der Waals surface area contributed by atoms with Crippen LogP contribution in [0.15, 0.2) is 30.3 Å². The van der Waals surface area contributed by atoms with E-state index in [1.54, 1.807) is 27.9 Å². The van der Waals surface area contributed by atoms with Crippen LogP contribution in [0.1, 0.15) is 98.0 Å². The SMILES string of the molecule is COC1CCC(COC(=O)NC2CCCCC2C(=O)NC(Cc2ccccc2)C(O)CN(CCC(C)C)S(=O)(=O)NC(C)(C)C)CC1. The van der Waals surface area contributed by atoms with Crippen molar-refractivity contribution in [3.05, 3.63) is 35.9 Å². The number of methoxy groups -OCH3 is 1. The summed E-state index contributed by atoms with van der Waals surface area (Å²) in [6.45, 7) is 9.77. The summed E-state index contributed by atoms with van der Waals surface area (Å²) in [5.74, 6) is -0.202. The molecule has 11 nitrogen and oxygen atoms in total. The predicted molar refractivity (Wildman–Crippen MR) is 184 cm³/mol. The Morgan fingerprint density at radius 2 is 1.68 bits per heavy atom. The maximum Gasteiger partial charge on any atom is 0.407 e. The van der Waals surface area contributed by atoms with Gasteiger partial charge in [-0.3, -0.25) is 4.79 Å². The second-order valence-electron chi connectivity index (χ2n) is 14.9. The molecule has 2 aliphatic carbocycles. The number of aliphatic hydroxyl groups is 1. The van der Waals surface area contributed by atoms with Gasteiger partial charge in [0.05, 0.1) is 30.8 Å². The van der Waals surface area contributed by atoms with Crippen LogP contribution in [-0.4, -0.2) is 86.5 Å². The van der Waals surface area contributed by atoms with Gasteiger partial charge in [0, 0.05) is 31.8 Å². The summed E-state index contributed by atoms with van der Waals surface area (Å²) in [5, 5.41) is 17.6. The molecule has 268 valence electrons. The van der Waals surface area contributed by atoms with E-state index in [0.717, 1.165) is 44.1 Å². The molecule has 2 amide bonds. The van der Waals surface area contributed by atoms with E-state index in [0.29, 0.717) is 38.2 Å². The van der Waals surface area contributed by atoms with Crippen LogP contribution in [-0.2, 0) is 30.9 Å². The number of nitrogens with zero attached hydrogens (tertiary/aromatic N) is 1. The Kier molecular flexibility index (Phi) is 15.4. The fourth-order valence-electron chi connectivity index (χ4n) is 6.48. The normalized spacial score (nSPS) is 23.7. The first-order valence-electron chi connectivity index (χ1n) is 17.4. The fourth-order valence-corrected chi connectivity index (χ4v) is 8.08. The Balaban J connectivity index is 1.71. The van der Waals surface area contributed by atoms with Crippen LogP contribution in [0.3, 0.4) is 0 Å². The van der Waals surface area contributed by atoms with Gasteiger partial charge < -0.3 is 25.2 Å². The molecule has 0 heterocycles. The van der Waals surface area contributed by atoms with E-state index in [1.807, 2.05) is 44.2 Å². The van der Waals surface area contributed by atoms with E-state index in [4.69, 9.17) is 9.47 Å². The lowest BCUT2D eigenvalue weighted by atomic mass is 9.83. The summed E-state index contributed by atoms with van der Waals surface area (Å²) >= 11 is 0. The molecule has 12 heteroatoms. The summed E-state index contributed by atoms with van der Waals surface area (Å²) < 4.78 is 41.9. The molecule has 3 rings (SSSR count). The van der Waals surface area contributed by atoms with E-state index in [-0.39, 0.29) is 31.0 Å². The Bertz CT molecular complexity index is 1200. The van der Waals surface area contributed by atoms with E-state index in [1.165, 1.54) is 4.31 Å². The molecule has 2 saturated carbocycles. The van der Waals surface area contributed by atoms with Gasteiger partial charge in [-0.2, -0.15) is 17.4 Å². The summed E-state index contributed by atoms with van der Waals surface area (Å²) in [6, 6.07) is 8.37. The van der Waals surface area contributed by atoms with Crippen LogP contribution >= 0.6 is 0 Å². The number of carbonyl (C=O) groups is 2. The minimum Gasteiger partial charge on any atom is -0.449 e. The van der Waals surface area contributed by atoms with Gasteiger partial charge in [-0.1, -0.05) is 57.0 Å². The lowest BCUT2D eigenvalue weighted by Crippen LogP contribution is -2.56. The topological polar surface area (TPSA) is 146 Å². The van der Waals surface area contributed by atoms with Crippen LogP contribution < -0.4 is 15.4 Å². The molecule has 2 fully saturated rings. The highest BCUT2D eigenvalue weighted by Gasteiger charge is 2.36. The molecule has 0 aromatic heterocycles. The molecule has 0 aliphatic heterocycles. The van der Waals surface area contributed by atoms with Crippen molar-refractivity contribution in [2.45, 2.75) is 129 Å². The molecule has 1 aromatic rings. The lowest BCUT2D eigenvalue weighted by Gasteiger charge is -2.35. The first-order chi connectivity index (χ1) is 22.2. The number of hydrogen-bond donors (Lipinski definition) is 4. The largest absolute Gasteiger partial charge is 0.449 e. The summed E-state index contributed by atoms with van der Waals surface area (Å²) in [4.78, 5) is 26.7. The average molecular weight is 681 g/mol. The van der Waals surface area contributed by atoms with Crippen LogP contribution in [0, 0.1) is 17.8 Å². The van der Waals surface area contributed by atoms with Crippen LogP contribution in [0.2, 0.25) is 0 Å². The van der Waals surface area contributed by atoms with Gasteiger partial charge in [0.1, 0.15) is 0 Å². The number of hydrogen-bond acceptors (Lipinski definition) is 7. The smallest absolute Gasteiger partial charge is 0.407 e. The number of ether oxygens (including phenoxy) is 2. The Morgan fingerprint density at radius 1 is 1.02 bits per heavy atom. The molecular formula is C35H60N4O7S. The van der Waals surface area contributed by atoms with Gasteiger partial charge in [0.25, 0.3) is 10.2 Å². The number of alkyl carbamates (subject to hydrolysis) is 1. The van der Waals surface area contributed by atoms with Gasteiger partial charge >= 0.3 is 6.09 Å². The third-order valence-electron chi connectivity index (χ3n) is 9.20. The Hall–Kier alpha value is -2.25. The van der Waals surface area contributed by atoms with Crippen molar-refractivity contribution in [2.75, 3.05) is 26.8 Å². The molecule has 2 aliphatic rings.